The smallest absolute Gasteiger partial charge is 0.336 e. The Hall–Kier alpha value is -3.32. The summed E-state index contributed by atoms with van der Waals surface area (Å²) in [5.74, 6) is -1.84. The number of benzene rings is 2. The molecule has 2 aromatic rings. The van der Waals surface area contributed by atoms with Crippen LogP contribution in [0.15, 0.2) is 60.3 Å². The number of hydrogen-bond donors (Lipinski definition) is 3. The van der Waals surface area contributed by atoms with E-state index in [2.05, 4.69) is 30.9 Å². The standard InChI is InChI=1S/C31H38N2O8S2/c1-21-14-15-23-25(20-21)33(17-9-19-43(39,40)41)26(30(23,2)3)12-7-13-27-31(4,5)28-22(29(34)35)10-6-11-24(28)32(27)16-8-18-42(36,37)38/h6-7,10-15,20H,8-9,16-19H2,1-5H3,(H2-,34,35,36,37,38,39,40,41)/p+1. The van der Waals surface area contributed by atoms with Crippen molar-refractivity contribution in [1.82, 2.24) is 0 Å². The zero-order valence-electron chi connectivity index (χ0n) is 25.0. The van der Waals surface area contributed by atoms with Crippen LogP contribution in [0.4, 0.5) is 11.4 Å². The van der Waals surface area contributed by atoms with E-state index in [4.69, 9.17) is 0 Å². The van der Waals surface area contributed by atoms with Crippen molar-refractivity contribution in [3.63, 3.8) is 0 Å². The highest BCUT2D eigenvalue weighted by Crippen LogP contribution is 2.48. The second-order valence-corrected chi connectivity index (χ2v) is 15.3. The van der Waals surface area contributed by atoms with Gasteiger partial charge in [0, 0.05) is 41.9 Å². The summed E-state index contributed by atoms with van der Waals surface area (Å²) in [6.07, 6.45) is 6.09. The molecule has 232 valence electrons. The van der Waals surface area contributed by atoms with Gasteiger partial charge in [0.2, 0.25) is 5.69 Å². The Balaban J connectivity index is 1.79. The van der Waals surface area contributed by atoms with Crippen LogP contribution in [0.2, 0.25) is 0 Å². The Morgan fingerprint density at radius 3 is 2.23 bits per heavy atom. The molecule has 0 radical (unpaired) electrons. The Bertz CT molecular complexity index is 1770. The number of allylic oxidation sites excluding steroid dienone is 4. The maximum atomic E-state index is 12.2. The van der Waals surface area contributed by atoms with E-state index in [1.165, 1.54) is 0 Å². The minimum atomic E-state index is -4.17. The normalized spacial score (nSPS) is 18.5. The fourth-order valence-corrected chi connectivity index (χ4v) is 7.30. The lowest BCUT2D eigenvalue weighted by atomic mass is 9.79. The van der Waals surface area contributed by atoms with Crippen LogP contribution in [-0.2, 0) is 31.1 Å². The van der Waals surface area contributed by atoms with Crippen molar-refractivity contribution in [2.45, 2.75) is 58.3 Å². The lowest BCUT2D eigenvalue weighted by Gasteiger charge is -2.27. The van der Waals surface area contributed by atoms with Crippen LogP contribution in [0.3, 0.4) is 0 Å². The number of anilines is 1. The Morgan fingerprint density at radius 2 is 1.60 bits per heavy atom. The van der Waals surface area contributed by atoms with Crippen molar-refractivity contribution < 1.29 is 40.4 Å². The van der Waals surface area contributed by atoms with Crippen molar-refractivity contribution in [1.29, 1.82) is 0 Å². The molecule has 43 heavy (non-hydrogen) atoms. The second kappa shape index (κ2) is 11.6. The molecule has 2 aliphatic heterocycles. The summed E-state index contributed by atoms with van der Waals surface area (Å²) in [7, 11) is -8.28. The van der Waals surface area contributed by atoms with Gasteiger partial charge in [-0.25, -0.2) is 4.79 Å². The first kappa shape index (κ1) is 32.6. The van der Waals surface area contributed by atoms with Crippen LogP contribution in [0, 0.1) is 6.92 Å². The number of carbonyl (C=O) groups is 1. The highest BCUT2D eigenvalue weighted by atomic mass is 32.2. The fraction of sp³-hybridized carbons (Fsp3) is 0.419. The van der Waals surface area contributed by atoms with E-state index in [1.807, 2.05) is 55.7 Å². The number of hydrogen-bond acceptors (Lipinski definition) is 6. The van der Waals surface area contributed by atoms with Gasteiger partial charge in [-0.3, -0.25) is 9.11 Å². The molecule has 2 aliphatic rings. The van der Waals surface area contributed by atoms with Crippen LogP contribution >= 0.6 is 0 Å². The van der Waals surface area contributed by atoms with Crippen LogP contribution in [0.1, 0.15) is 67.6 Å². The Morgan fingerprint density at radius 1 is 0.953 bits per heavy atom. The molecule has 0 aliphatic carbocycles. The number of carboxylic acid groups (broad SMARTS) is 1. The Labute approximate surface area is 253 Å². The van der Waals surface area contributed by atoms with Gasteiger partial charge in [0.1, 0.15) is 6.54 Å². The maximum absolute atomic E-state index is 12.2. The molecule has 10 nitrogen and oxygen atoms in total. The van der Waals surface area contributed by atoms with Gasteiger partial charge in [0.25, 0.3) is 20.2 Å². The molecular weight excluding hydrogens is 592 g/mol. The lowest BCUT2D eigenvalue weighted by Crippen LogP contribution is -2.30. The molecule has 0 fully saturated rings. The molecule has 0 atom stereocenters. The zero-order chi connectivity index (χ0) is 32.0. The molecule has 0 saturated carbocycles. The predicted octanol–water partition coefficient (Wildman–Crippen LogP) is 4.86. The highest BCUT2D eigenvalue weighted by Gasteiger charge is 2.47. The summed E-state index contributed by atoms with van der Waals surface area (Å²) in [5.41, 5.74) is 5.11. The first-order valence-corrected chi connectivity index (χ1v) is 17.3. The van der Waals surface area contributed by atoms with Gasteiger partial charge in [-0.2, -0.15) is 21.4 Å². The molecule has 0 spiro atoms. The monoisotopic (exact) mass is 631 g/mol. The van der Waals surface area contributed by atoms with Gasteiger partial charge < -0.3 is 10.0 Å². The molecule has 0 amide bonds. The van der Waals surface area contributed by atoms with E-state index in [-0.39, 0.29) is 30.7 Å². The third kappa shape index (κ3) is 6.77. The molecule has 0 bridgehead atoms. The first-order chi connectivity index (χ1) is 19.8. The molecule has 2 heterocycles. The minimum Gasteiger partial charge on any atom is -0.478 e. The molecule has 0 aromatic heterocycles. The summed E-state index contributed by atoms with van der Waals surface area (Å²) < 4.78 is 66.3. The summed E-state index contributed by atoms with van der Waals surface area (Å²) in [4.78, 5) is 14.2. The largest absolute Gasteiger partial charge is 0.478 e. The van der Waals surface area contributed by atoms with E-state index in [9.17, 15) is 35.8 Å². The number of fused-ring (bicyclic) bond motifs is 2. The molecular formula is C31H39N2O8S2+. The number of aromatic carboxylic acids is 1. The van der Waals surface area contributed by atoms with Gasteiger partial charge >= 0.3 is 5.97 Å². The van der Waals surface area contributed by atoms with E-state index in [0.717, 1.165) is 28.2 Å². The van der Waals surface area contributed by atoms with E-state index in [0.29, 0.717) is 17.8 Å². The number of aryl methyl sites for hydroxylation is 1. The average Bonchev–Trinajstić information content (AvgIpc) is 3.21. The third-order valence-corrected chi connectivity index (χ3v) is 9.85. The van der Waals surface area contributed by atoms with Crippen molar-refractivity contribution >= 4 is 43.3 Å². The predicted molar refractivity (Wildman–Crippen MR) is 167 cm³/mol. The lowest BCUT2D eigenvalue weighted by molar-refractivity contribution is -0.437. The molecule has 3 N–H and O–H groups in total. The molecule has 12 heteroatoms. The second-order valence-electron chi connectivity index (χ2n) is 12.2. The SMILES string of the molecule is Cc1ccc2c(c1)N(CCCS(=O)(=O)O)C(=CC=CC1=[N+](CCCS(=O)(=O)O)c3cccc(C(=O)O)c3C1(C)C)C2(C)C. The van der Waals surface area contributed by atoms with Crippen LogP contribution in [-0.4, -0.2) is 71.9 Å². The van der Waals surface area contributed by atoms with Crippen LogP contribution in [0.25, 0.3) is 0 Å². The fourth-order valence-electron chi connectivity index (χ4n) is 6.31. The number of carboxylic acids is 1. The van der Waals surface area contributed by atoms with Gasteiger partial charge in [-0.1, -0.05) is 38.1 Å². The summed E-state index contributed by atoms with van der Waals surface area (Å²) in [6.45, 7) is 10.6. The summed E-state index contributed by atoms with van der Waals surface area (Å²) >= 11 is 0. The van der Waals surface area contributed by atoms with E-state index in [1.54, 1.807) is 12.1 Å². The number of rotatable bonds is 11. The summed E-state index contributed by atoms with van der Waals surface area (Å²) in [6, 6.07) is 11.2. The topological polar surface area (TPSA) is 152 Å². The maximum Gasteiger partial charge on any atom is 0.336 e. The van der Waals surface area contributed by atoms with Crippen molar-refractivity contribution in [2.75, 3.05) is 29.5 Å². The van der Waals surface area contributed by atoms with E-state index >= 15 is 0 Å². The van der Waals surface area contributed by atoms with Gasteiger partial charge in [-0.05, 0) is 56.5 Å². The molecule has 0 unspecified atom stereocenters. The van der Waals surface area contributed by atoms with Crippen molar-refractivity contribution in [3.05, 3.63) is 82.6 Å². The highest BCUT2D eigenvalue weighted by molar-refractivity contribution is 7.86. The van der Waals surface area contributed by atoms with Crippen molar-refractivity contribution in [2.24, 2.45) is 0 Å². The van der Waals surface area contributed by atoms with Crippen molar-refractivity contribution in [3.8, 4) is 0 Å². The third-order valence-electron chi connectivity index (χ3n) is 8.24. The molecule has 0 saturated heterocycles. The van der Waals surface area contributed by atoms with E-state index < -0.39 is 42.8 Å². The van der Waals surface area contributed by atoms with Crippen LogP contribution in [0.5, 0.6) is 0 Å². The number of nitrogens with zero attached hydrogens (tertiary/aromatic N) is 2. The first-order valence-electron chi connectivity index (χ1n) is 14.0. The minimum absolute atomic E-state index is 0.132. The zero-order valence-corrected chi connectivity index (χ0v) is 26.7. The quantitative estimate of drug-likeness (QED) is 0.233. The van der Waals surface area contributed by atoms with Gasteiger partial charge in [0.15, 0.2) is 5.71 Å². The molecule has 4 rings (SSSR count). The molecule has 2 aromatic carbocycles. The van der Waals surface area contributed by atoms with Crippen LogP contribution < -0.4 is 4.90 Å². The average molecular weight is 632 g/mol. The Kier molecular flexibility index (Phi) is 8.82. The van der Waals surface area contributed by atoms with Gasteiger partial charge in [0.05, 0.1) is 28.0 Å². The summed E-state index contributed by atoms with van der Waals surface area (Å²) in [5, 5.41) is 9.94. The van der Waals surface area contributed by atoms with Gasteiger partial charge in [-0.15, -0.1) is 0 Å².